The van der Waals surface area contributed by atoms with E-state index in [0.29, 0.717) is 13.2 Å². The third kappa shape index (κ3) is 2.89. The van der Waals surface area contributed by atoms with Gasteiger partial charge >= 0.3 is 0 Å². The second-order valence-corrected chi connectivity index (χ2v) is 7.31. The van der Waals surface area contributed by atoms with Crippen molar-refractivity contribution in [1.82, 2.24) is 0 Å². The second-order valence-electron chi connectivity index (χ2n) is 6.39. The summed E-state index contributed by atoms with van der Waals surface area (Å²) < 4.78 is 5.45. The molecule has 0 radical (unpaired) electrons. The van der Waals surface area contributed by atoms with Crippen LogP contribution in [0.4, 0.5) is 5.00 Å². The van der Waals surface area contributed by atoms with Crippen LogP contribution in [0, 0.1) is 12.8 Å². The van der Waals surface area contributed by atoms with Gasteiger partial charge in [-0.3, -0.25) is 9.79 Å². The number of aryl methyl sites for hydroxylation is 1. The Morgan fingerprint density at radius 1 is 1.17 bits per heavy atom. The molecule has 2 aliphatic heterocycles. The first-order valence-electron chi connectivity index (χ1n) is 8.33. The van der Waals surface area contributed by atoms with Gasteiger partial charge in [-0.15, -0.1) is 11.3 Å². The maximum Gasteiger partial charge on any atom is 0.250 e. The number of hydrogen-bond acceptors (Lipinski definition) is 4. The van der Waals surface area contributed by atoms with Crippen molar-refractivity contribution in [3.05, 3.63) is 52.4 Å². The minimum absolute atomic E-state index is 0.00714. The van der Waals surface area contributed by atoms with E-state index in [4.69, 9.17) is 9.73 Å². The first-order chi connectivity index (χ1) is 11.7. The third-order valence-corrected chi connectivity index (χ3v) is 5.56. The summed E-state index contributed by atoms with van der Waals surface area (Å²) in [6.07, 6.45) is 1.77. The molecule has 4 rings (SSSR count). The molecule has 124 valence electrons. The zero-order valence-corrected chi connectivity index (χ0v) is 14.4. The number of rotatable bonds is 2. The summed E-state index contributed by atoms with van der Waals surface area (Å²) in [6, 6.07) is 10.1. The van der Waals surface area contributed by atoms with Gasteiger partial charge in [0.1, 0.15) is 11.0 Å². The largest absolute Gasteiger partial charge is 0.381 e. The number of nitrogens with one attached hydrogen (secondary N) is 1. The fraction of sp³-hybridized carbons (Fsp3) is 0.368. The molecule has 0 saturated carbocycles. The number of hydrogen-bond donors (Lipinski definition) is 1. The average molecular weight is 340 g/mol. The third-order valence-electron chi connectivity index (χ3n) is 4.73. The van der Waals surface area contributed by atoms with E-state index in [0.717, 1.165) is 34.7 Å². The number of amides is 1. The molecule has 1 saturated heterocycles. The highest BCUT2D eigenvalue weighted by Gasteiger charge is 2.33. The van der Waals surface area contributed by atoms with Crippen molar-refractivity contribution in [2.45, 2.75) is 25.8 Å². The highest BCUT2D eigenvalue weighted by atomic mass is 32.1. The lowest BCUT2D eigenvalue weighted by atomic mass is 9.91. The zero-order chi connectivity index (χ0) is 16.5. The summed E-state index contributed by atoms with van der Waals surface area (Å²) in [5.41, 5.74) is 4.22. The maximum absolute atomic E-state index is 12.8. The molecule has 1 unspecified atom stereocenters. The maximum atomic E-state index is 12.8. The Hall–Kier alpha value is -1.98. The van der Waals surface area contributed by atoms with Gasteiger partial charge in [-0.05, 0) is 37.1 Å². The number of carbonyl (C=O) groups is 1. The Bertz CT molecular complexity index is 773. The minimum atomic E-state index is -0.343. The van der Waals surface area contributed by atoms with Crippen molar-refractivity contribution in [3.63, 3.8) is 0 Å². The number of nitrogens with zero attached hydrogens (tertiary/aromatic N) is 1. The predicted octanol–water partition coefficient (Wildman–Crippen LogP) is 3.64. The molecule has 1 aromatic heterocycles. The van der Waals surface area contributed by atoms with Gasteiger partial charge in [-0.2, -0.15) is 0 Å². The van der Waals surface area contributed by atoms with Gasteiger partial charge in [0.25, 0.3) is 0 Å². The molecule has 1 aromatic carbocycles. The number of carbonyl (C=O) groups excluding carboxylic acids is 1. The van der Waals surface area contributed by atoms with Gasteiger partial charge in [-0.1, -0.05) is 29.8 Å². The van der Waals surface area contributed by atoms with E-state index in [-0.39, 0.29) is 17.9 Å². The molecule has 1 N–H and O–H groups in total. The summed E-state index contributed by atoms with van der Waals surface area (Å²) in [7, 11) is 0. The zero-order valence-electron chi connectivity index (χ0n) is 13.6. The Labute approximate surface area is 145 Å². The van der Waals surface area contributed by atoms with Crippen molar-refractivity contribution in [1.29, 1.82) is 0 Å². The van der Waals surface area contributed by atoms with E-state index < -0.39 is 0 Å². The highest BCUT2D eigenvalue weighted by Crippen LogP contribution is 2.32. The highest BCUT2D eigenvalue weighted by molar-refractivity contribution is 7.14. The number of aliphatic imine (C=N–C) groups is 1. The molecule has 0 bridgehead atoms. The minimum Gasteiger partial charge on any atom is -0.381 e. The summed E-state index contributed by atoms with van der Waals surface area (Å²) in [6.45, 7) is 3.50. The van der Waals surface area contributed by atoms with Crippen LogP contribution in [-0.2, 0) is 9.53 Å². The molecule has 2 aliphatic rings. The van der Waals surface area contributed by atoms with Crippen LogP contribution >= 0.6 is 11.3 Å². The van der Waals surface area contributed by atoms with Gasteiger partial charge in [0.2, 0.25) is 5.91 Å². The van der Waals surface area contributed by atoms with Crippen molar-refractivity contribution in [2.24, 2.45) is 10.9 Å². The van der Waals surface area contributed by atoms with E-state index in [1.807, 2.05) is 11.4 Å². The van der Waals surface area contributed by atoms with E-state index in [2.05, 4.69) is 36.5 Å². The first-order valence-corrected chi connectivity index (χ1v) is 9.21. The lowest BCUT2D eigenvalue weighted by molar-refractivity contribution is -0.119. The van der Waals surface area contributed by atoms with Gasteiger partial charge in [0, 0.05) is 24.3 Å². The Morgan fingerprint density at radius 3 is 2.67 bits per heavy atom. The van der Waals surface area contributed by atoms with E-state index in [9.17, 15) is 4.79 Å². The van der Waals surface area contributed by atoms with Gasteiger partial charge in [-0.25, -0.2) is 0 Å². The van der Waals surface area contributed by atoms with Crippen LogP contribution in [0.5, 0.6) is 0 Å². The lowest BCUT2D eigenvalue weighted by Gasteiger charge is -2.26. The van der Waals surface area contributed by atoms with Crippen LogP contribution < -0.4 is 5.32 Å². The molecular weight excluding hydrogens is 320 g/mol. The van der Waals surface area contributed by atoms with Crippen molar-refractivity contribution >= 4 is 28.0 Å². The van der Waals surface area contributed by atoms with Crippen LogP contribution in [0.15, 0.2) is 40.7 Å². The molecule has 24 heavy (non-hydrogen) atoms. The summed E-state index contributed by atoms with van der Waals surface area (Å²) in [5.74, 6) is 0.251. The Morgan fingerprint density at radius 2 is 1.92 bits per heavy atom. The molecule has 0 spiro atoms. The molecule has 1 fully saturated rings. The van der Waals surface area contributed by atoms with Crippen molar-refractivity contribution in [3.8, 4) is 0 Å². The van der Waals surface area contributed by atoms with Gasteiger partial charge < -0.3 is 10.1 Å². The molecule has 2 aromatic rings. The monoisotopic (exact) mass is 340 g/mol. The SMILES string of the molecule is Cc1ccc(C2=NC(C3CCOCC3)C(=O)Nc3sccc32)cc1. The summed E-state index contributed by atoms with van der Waals surface area (Å²) in [4.78, 5) is 17.7. The van der Waals surface area contributed by atoms with Gasteiger partial charge in [0.15, 0.2) is 0 Å². The summed E-state index contributed by atoms with van der Waals surface area (Å²) >= 11 is 1.56. The number of fused-ring (bicyclic) bond motifs is 1. The van der Waals surface area contributed by atoms with E-state index in [1.165, 1.54) is 5.56 Å². The first kappa shape index (κ1) is 15.5. The van der Waals surface area contributed by atoms with Crippen molar-refractivity contribution < 1.29 is 9.53 Å². The fourth-order valence-corrected chi connectivity index (χ4v) is 4.13. The molecule has 1 atom stereocenters. The summed E-state index contributed by atoms with van der Waals surface area (Å²) in [5, 5.41) is 5.99. The second kappa shape index (κ2) is 6.49. The van der Waals surface area contributed by atoms with Crippen LogP contribution in [0.2, 0.25) is 0 Å². The normalized spacial score (nSPS) is 21.6. The molecular formula is C19H20N2O2S. The van der Waals surface area contributed by atoms with Crippen LogP contribution in [0.1, 0.15) is 29.5 Å². The predicted molar refractivity (Wildman–Crippen MR) is 97.1 cm³/mol. The van der Waals surface area contributed by atoms with E-state index >= 15 is 0 Å². The smallest absolute Gasteiger partial charge is 0.250 e. The number of thiophene rings is 1. The fourth-order valence-electron chi connectivity index (χ4n) is 3.34. The molecule has 0 aliphatic carbocycles. The average Bonchev–Trinajstić information content (AvgIpc) is 3.00. The number of ether oxygens (including phenoxy) is 1. The molecule has 5 heteroatoms. The van der Waals surface area contributed by atoms with E-state index in [1.54, 1.807) is 11.3 Å². The Balaban J connectivity index is 1.79. The number of benzene rings is 1. The van der Waals surface area contributed by atoms with Crippen LogP contribution in [0.3, 0.4) is 0 Å². The standard InChI is InChI=1S/C19H20N2O2S/c1-12-2-4-13(5-3-12)16-15-8-11-24-19(15)21-18(22)17(20-16)14-6-9-23-10-7-14/h2-5,8,11,14,17H,6-7,9-10H2,1H3,(H,21,22). The van der Waals surface area contributed by atoms with Crippen molar-refractivity contribution in [2.75, 3.05) is 18.5 Å². The number of anilines is 1. The lowest BCUT2D eigenvalue weighted by Crippen LogP contribution is -2.36. The van der Waals surface area contributed by atoms with Crippen LogP contribution in [-0.4, -0.2) is 30.9 Å². The molecule has 1 amide bonds. The van der Waals surface area contributed by atoms with Crippen LogP contribution in [0.25, 0.3) is 0 Å². The molecule has 3 heterocycles. The quantitative estimate of drug-likeness (QED) is 0.907. The Kier molecular flexibility index (Phi) is 4.21. The molecule has 4 nitrogen and oxygen atoms in total. The van der Waals surface area contributed by atoms with Gasteiger partial charge in [0.05, 0.1) is 5.71 Å². The topological polar surface area (TPSA) is 50.7 Å².